The van der Waals surface area contributed by atoms with Crippen molar-refractivity contribution in [3.8, 4) is 5.75 Å². The number of benzene rings is 1. The number of carbonyl (C=O) groups excluding carboxylic acids is 1. The van der Waals surface area contributed by atoms with E-state index in [1.165, 1.54) is 0 Å². The Kier molecular flexibility index (Phi) is 5.91. The molecule has 2 rings (SSSR count). The van der Waals surface area contributed by atoms with Crippen LogP contribution in [0.5, 0.6) is 5.75 Å². The molecule has 0 fully saturated rings. The molecule has 0 saturated heterocycles. The van der Waals surface area contributed by atoms with E-state index in [1.54, 1.807) is 19.4 Å². The number of carbonyl (C=O) groups is 1. The highest BCUT2D eigenvalue weighted by atomic mass is 16.5. The molecule has 0 aliphatic rings. The third-order valence-electron chi connectivity index (χ3n) is 3.24. The van der Waals surface area contributed by atoms with Gasteiger partial charge in [-0.05, 0) is 31.3 Å². The van der Waals surface area contributed by atoms with Crippen molar-refractivity contribution in [1.82, 2.24) is 9.88 Å². The van der Waals surface area contributed by atoms with Crippen LogP contribution in [0.4, 0.5) is 5.69 Å². The molecule has 5 heteroatoms. The van der Waals surface area contributed by atoms with Crippen molar-refractivity contribution in [3.63, 3.8) is 0 Å². The summed E-state index contributed by atoms with van der Waals surface area (Å²) in [4.78, 5) is 18.3. The number of ether oxygens (including phenoxy) is 1. The van der Waals surface area contributed by atoms with Gasteiger partial charge in [0.05, 0.1) is 13.7 Å². The zero-order valence-electron chi connectivity index (χ0n) is 13.0. The van der Waals surface area contributed by atoms with Gasteiger partial charge >= 0.3 is 0 Å². The Balaban J connectivity index is 1.78. The molecule has 22 heavy (non-hydrogen) atoms. The molecule has 0 aliphatic carbocycles. The van der Waals surface area contributed by atoms with Gasteiger partial charge in [0.25, 0.3) is 0 Å². The minimum absolute atomic E-state index is 0.0447. The Labute approximate surface area is 130 Å². The third-order valence-corrected chi connectivity index (χ3v) is 3.24. The van der Waals surface area contributed by atoms with Crippen LogP contribution in [-0.2, 0) is 11.2 Å². The SMILES string of the molecule is COc1cccc(NC(=O)CN(C)CCc2ccccn2)c1. The Hall–Kier alpha value is -2.40. The van der Waals surface area contributed by atoms with Crippen LogP contribution in [0.3, 0.4) is 0 Å². The van der Waals surface area contributed by atoms with Crippen molar-refractivity contribution in [2.24, 2.45) is 0 Å². The van der Waals surface area contributed by atoms with Gasteiger partial charge in [-0.1, -0.05) is 12.1 Å². The second-order valence-electron chi connectivity index (χ2n) is 5.09. The van der Waals surface area contributed by atoms with E-state index in [0.717, 1.165) is 30.1 Å². The number of nitrogens with zero attached hydrogens (tertiary/aromatic N) is 2. The summed E-state index contributed by atoms with van der Waals surface area (Å²) in [6.45, 7) is 1.12. The van der Waals surface area contributed by atoms with Gasteiger partial charge in [-0.15, -0.1) is 0 Å². The average molecular weight is 299 g/mol. The molecule has 5 nitrogen and oxygen atoms in total. The number of anilines is 1. The third kappa shape index (κ3) is 5.18. The smallest absolute Gasteiger partial charge is 0.238 e. The number of hydrogen-bond acceptors (Lipinski definition) is 4. The minimum atomic E-state index is -0.0447. The number of rotatable bonds is 7. The molecule has 0 saturated carbocycles. The van der Waals surface area contributed by atoms with Crippen LogP contribution in [0.15, 0.2) is 48.7 Å². The second-order valence-corrected chi connectivity index (χ2v) is 5.09. The van der Waals surface area contributed by atoms with Crippen LogP contribution in [-0.4, -0.2) is 43.0 Å². The summed E-state index contributed by atoms with van der Waals surface area (Å²) in [6.07, 6.45) is 2.61. The average Bonchev–Trinajstić information content (AvgIpc) is 2.54. The lowest BCUT2D eigenvalue weighted by Gasteiger charge is -2.16. The van der Waals surface area contributed by atoms with Gasteiger partial charge in [-0.2, -0.15) is 0 Å². The summed E-state index contributed by atoms with van der Waals surface area (Å²) >= 11 is 0. The maximum atomic E-state index is 12.0. The maximum Gasteiger partial charge on any atom is 0.238 e. The van der Waals surface area contributed by atoms with Crippen molar-refractivity contribution in [2.75, 3.05) is 32.6 Å². The molecule has 1 N–H and O–H groups in total. The Morgan fingerprint density at radius 3 is 2.86 bits per heavy atom. The summed E-state index contributed by atoms with van der Waals surface area (Å²) in [5.74, 6) is 0.679. The first kappa shape index (κ1) is 16.0. The molecule has 0 radical (unpaired) electrons. The van der Waals surface area contributed by atoms with Gasteiger partial charge in [0.1, 0.15) is 5.75 Å². The van der Waals surface area contributed by atoms with Crippen LogP contribution in [0.25, 0.3) is 0 Å². The fourth-order valence-electron chi connectivity index (χ4n) is 2.08. The van der Waals surface area contributed by atoms with Gasteiger partial charge in [-0.3, -0.25) is 14.7 Å². The monoisotopic (exact) mass is 299 g/mol. The summed E-state index contributed by atoms with van der Waals surface area (Å²) in [5.41, 5.74) is 1.77. The van der Waals surface area contributed by atoms with E-state index in [2.05, 4.69) is 10.3 Å². The van der Waals surface area contributed by atoms with Crippen molar-refractivity contribution < 1.29 is 9.53 Å². The number of pyridine rings is 1. The number of likely N-dealkylation sites (N-methyl/N-ethyl adjacent to an activating group) is 1. The topological polar surface area (TPSA) is 54.5 Å². The van der Waals surface area contributed by atoms with E-state index < -0.39 is 0 Å². The first-order valence-corrected chi connectivity index (χ1v) is 7.20. The van der Waals surface area contributed by atoms with Crippen molar-refractivity contribution >= 4 is 11.6 Å². The van der Waals surface area contributed by atoms with Crippen molar-refractivity contribution in [2.45, 2.75) is 6.42 Å². The van der Waals surface area contributed by atoms with Crippen molar-refractivity contribution in [1.29, 1.82) is 0 Å². The van der Waals surface area contributed by atoms with E-state index in [0.29, 0.717) is 6.54 Å². The number of hydrogen-bond donors (Lipinski definition) is 1. The Morgan fingerprint density at radius 2 is 2.14 bits per heavy atom. The minimum Gasteiger partial charge on any atom is -0.497 e. The van der Waals surface area contributed by atoms with E-state index in [-0.39, 0.29) is 5.91 Å². The number of nitrogens with one attached hydrogen (secondary N) is 1. The largest absolute Gasteiger partial charge is 0.497 e. The van der Waals surface area contributed by atoms with Gasteiger partial charge in [0.15, 0.2) is 0 Å². The number of methoxy groups -OCH3 is 1. The van der Waals surface area contributed by atoms with Gasteiger partial charge in [0, 0.05) is 36.6 Å². The van der Waals surface area contributed by atoms with Crippen molar-refractivity contribution in [3.05, 3.63) is 54.4 Å². The highest BCUT2D eigenvalue weighted by molar-refractivity contribution is 5.92. The lowest BCUT2D eigenvalue weighted by atomic mass is 10.2. The quantitative estimate of drug-likeness (QED) is 0.851. The normalized spacial score (nSPS) is 10.5. The fraction of sp³-hybridized carbons (Fsp3) is 0.294. The molecule has 1 heterocycles. The summed E-state index contributed by atoms with van der Waals surface area (Å²) in [7, 11) is 3.53. The first-order chi connectivity index (χ1) is 10.7. The molecule has 0 atom stereocenters. The van der Waals surface area contributed by atoms with E-state index in [1.807, 2.05) is 48.3 Å². The van der Waals surface area contributed by atoms with E-state index in [9.17, 15) is 4.79 Å². The maximum absolute atomic E-state index is 12.0. The highest BCUT2D eigenvalue weighted by Crippen LogP contribution is 2.16. The van der Waals surface area contributed by atoms with Crippen LogP contribution in [0.1, 0.15) is 5.69 Å². The zero-order valence-corrected chi connectivity index (χ0v) is 13.0. The summed E-state index contributed by atoms with van der Waals surface area (Å²) in [5, 5.41) is 2.87. The zero-order chi connectivity index (χ0) is 15.8. The Morgan fingerprint density at radius 1 is 1.27 bits per heavy atom. The van der Waals surface area contributed by atoms with Crippen LogP contribution in [0, 0.1) is 0 Å². The first-order valence-electron chi connectivity index (χ1n) is 7.20. The molecule has 1 aromatic carbocycles. The summed E-state index contributed by atoms with van der Waals surface area (Å²) < 4.78 is 5.14. The standard InChI is InChI=1S/C17H21N3O2/c1-20(11-9-14-6-3-4-10-18-14)13-17(21)19-15-7-5-8-16(12-15)22-2/h3-8,10,12H,9,11,13H2,1-2H3,(H,19,21). The molecular weight excluding hydrogens is 278 g/mol. The number of amides is 1. The van der Waals surface area contributed by atoms with Gasteiger partial charge in [0.2, 0.25) is 5.91 Å². The van der Waals surface area contributed by atoms with E-state index in [4.69, 9.17) is 4.74 Å². The van der Waals surface area contributed by atoms with Gasteiger partial charge < -0.3 is 10.1 Å². The molecule has 0 spiro atoms. The number of aromatic nitrogens is 1. The molecule has 0 bridgehead atoms. The van der Waals surface area contributed by atoms with E-state index >= 15 is 0 Å². The predicted molar refractivity (Wildman–Crippen MR) is 87.1 cm³/mol. The predicted octanol–water partition coefficient (Wildman–Crippen LogP) is 2.20. The molecule has 1 amide bonds. The molecular formula is C17H21N3O2. The van der Waals surface area contributed by atoms with Crippen LogP contribution in [0.2, 0.25) is 0 Å². The fourth-order valence-corrected chi connectivity index (χ4v) is 2.08. The lowest BCUT2D eigenvalue weighted by molar-refractivity contribution is -0.117. The summed E-state index contributed by atoms with van der Waals surface area (Å²) in [6, 6.07) is 13.2. The lowest BCUT2D eigenvalue weighted by Crippen LogP contribution is -2.31. The molecule has 116 valence electrons. The molecule has 0 aliphatic heterocycles. The molecule has 2 aromatic rings. The van der Waals surface area contributed by atoms with Gasteiger partial charge in [-0.25, -0.2) is 0 Å². The highest BCUT2D eigenvalue weighted by Gasteiger charge is 2.08. The molecule has 1 aromatic heterocycles. The second kappa shape index (κ2) is 8.14. The molecule has 0 unspecified atom stereocenters. The Bertz CT molecular complexity index is 602. The van der Waals surface area contributed by atoms with Crippen LogP contribution >= 0.6 is 0 Å². The van der Waals surface area contributed by atoms with Crippen LogP contribution < -0.4 is 10.1 Å².